The molecule has 6 heteroatoms. The molecule has 0 spiro atoms. The number of halogens is 3. The Bertz CT molecular complexity index is 486. The Morgan fingerprint density at radius 2 is 1.95 bits per heavy atom. The van der Waals surface area contributed by atoms with Crippen LogP contribution in [0.25, 0.3) is 0 Å². The smallest absolute Gasteiger partial charge is 0.385 e. The van der Waals surface area contributed by atoms with E-state index in [1.165, 1.54) is 12.1 Å². The number of nitrogens with one attached hydrogen (secondary N) is 2. The zero-order chi connectivity index (χ0) is 16.0. The van der Waals surface area contributed by atoms with Crippen LogP contribution in [0.5, 0.6) is 0 Å². The van der Waals surface area contributed by atoms with Gasteiger partial charge < -0.3 is 10.6 Å². The van der Waals surface area contributed by atoms with E-state index in [4.69, 9.17) is 0 Å². The van der Waals surface area contributed by atoms with Crippen molar-refractivity contribution >= 4 is 11.6 Å². The molecule has 0 aliphatic carbocycles. The number of alkyl halides is 3. The van der Waals surface area contributed by atoms with Crippen LogP contribution in [0.15, 0.2) is 18.2 Å². The van der Waals surface area contributed by atoms with Gasteiger partial charge in [0.25, 0.3) is 5.91 Å². The van der Waals surface area contributed by atoms with Crippen molar-refractivity contribution in [1.29, 1.82) is 0 Å². The first-order valence-corrected chi connectivity index (χ1v) is 7.05. The molecule has 0 aromatic heterocycles. The SMILES string of the molecule is CCCNc1ccc(C(=O)NC(C)CC)cc1C(F)(F)F. The molecule has 1 rings (SSSR count). The number of carbonyl (C=O) groups excluding carboxylic acids is 1. The van der Waals surface area contributed by atoms with Gasteiger partial charge in [-0.2, -0.15) is 13.2 Å². The van der Waals surface area contributed by atoms with E-state index in [2.05, 4.69) is 10.6 Å². The Balaban J connectivity index is 3.06. The maximum absolute atomic E-state index is 13.1. The molecule has 1 aromatic carbocycles. The molecule has 3 nitrogen and oxygen atoms in total. The second kappa shape index (κ2) is 7.33. The molecule has 21 heavy (non-hydrogen) atoms. The zero-order valence-corrected chi connectivity index (χ0v) is 12.5. The summed E-state index contributed by atoms with van der Waals surface area (Å²) in [5, 5.41) is 5.40. The predicted octanol–water partition coefficient (Wildman–Crippen LogP) is 4.06. The van der Waals surface area contributed by atoms with Gasteiger partial charge in [0, 0.05) is 23.8 Å². The van der Waals surface area contributed by atoms with Gasteiger partial charge in [-0.25, -0.2) is 0 Å². The lowest BCUT2D eigenvalue weighted by molar-refractivity contribution is -0.137. The van der Waals surface area contributed by atoms with Gasteiger partial charge in [0.1, 0.15) is 0 Å². The maximum Gasteiger partial charge on any atom is 0.418 e. The minimum atomic E-state index is -4.50. The number of rotatable bonds is 6. The van der Waals surface area contributed by atoms with Gasteiger partial charge in [-0.15, -0.1) is 0 Å². The van der Waals surface area contributed by atoms with E-state index in [1.807, 2.05) is 13.8 Å². The highest BCUT2D eigenvalue weighted by Gasteiger charge is 2.34. The van der Waals surface area contributed by atoms with Crippen molar-refractivity contribution in [2.24, 2.45) is 0 Å². The lowest BCUT2D eigenvalue weighted by atomic mass is 10.1. The summed E-state index contributed by atoms with van der Waals surface area (Å²) in [5.74, 6) is -0.489. The van der Waals surface area contributed by atoms with Crippen molar-refractivity contribution in [1.82, 2.24) is 5.32 Å². The molecule has 0 radical (unpaired) electrons. The summed E-state index contributed by atoms with van der Waals surface area (Å²) >= 11 is 0. The second-order valence-corrected chi connectivity index (χ2v) is 4.97. The van der Waals surface area contributed by atoms with E-state index in [1.54, 1.807) is 6.92 Å². The summed E-state index contributed by atoms with van der Waals surface area (Å²) in [4.78, 5) is 11.9. The van der Waals surface area contributed by atoms with E-state index in [9.17, 15) is 18.0 Å². The molecular weight excluding hydrogens is 281 g/mol. The van der Waals surface area contributed by atoms with E-state index in [0.717, 1.165) is 6.07 Å². The Hall–Kier alpha value is -1.72. The standard InChI is InChI=1S/C15H21F3N2O/c1-4-8-19-13-7-6-11(9-12(13)15(16,17)18)14(21)20-10(3)5-2/h6-7,9-10,19H,4-5,8H2,1-3H3,(H,20,21). The summed E-state index contributed by atoms with van der Waals surface area (Å²) in [6.07, 6.45) is -3.07. The number of anilines is 1. The lowest BCUT2D eigenvalue weighted by Crippen LogP contribution is -2.32. The van der Waals surface area contributed by atoms with Crippen molar-refractivity contribution in [3.8, 4) is 0 Å². The minimum Gasteiger partial charge on any atom is -0.385 e. The van der Waals surface area contributed by atoms with E-state index < -0.39 is 17.6 Å². The average molecular weight is 302 g/mol. The quantitative estimate of drug-likeness (QED) is 0.832. The van der Waals surface area contributed by atoms with Gasteiger partial charge in [0.2, 0.25) is 0 Å². The number of hydrogen-bond acceptors (Lipinski definition) is 2. The summed E-state index contributed by atoms with van der Waals surface area (Å²) in [6.45, 7) is 6.01. The molecule has 1 amide bonds. The third-order valence-corrected chi connectivity index (χ3v) is 3.14. The van der Waals surface area contributed by atoms with Crippen LogP contribution in [0.3, 0.4) is 0 Å². The highest BCUT2D eigenvalue weighted by Crippen LogP contribution is 2.35. The van der Waals surface area contributed by atoms with E-state index in [-0.39, 0.29) is 17.3 Å². The molecule has 0 saturated heterocycles. The number of amides is 1. The topological polar surface area (TPSA) is 41.1 Å². The number of hydrogen-bond donors (Lipinski definition) is 2. The molecule has 1 unspecified atom stereocenters. The molecule has 0 bridgehead atoms. The predicted molar refractivity (Wildman–Crippen MR) is 77.4 cm³/mol. The molecule has 2 N–H and O–H groups in total. The van der Waals surface area contributed by atoms with Crippen LogP contribution in [0.4, 0.5) is 18.9 Å². The highest BCUT2D eigenvalue weighted by molar-refractivity contribution is 5.95. The fourth-order valence-electron chi connectivity index (χ4n) is 1.74. The van der Waals surface area contributed by atoms with Crippen LogP contribution in [0, 0.1) is 0 Å². The summed E-state index contributed by atoms with van der Waals surface area (Å²) < 4.78 is 39.2. The van der Waals surface area contributed by atoms with Crippen LogP contribution in [0.1, 0.15) is 49.5 Å². The number of carbonyl (C=O) groups is 1. The van der Waals surface area contributed by atoms with Crippen molar-refractivity contribution in [2.75, 3.05) is 11.9 Å². The Morgan fingerprint density at radius 1 is 1.29 bits per heavy atom. The molecule has 1 atom stereocenters. The van der Waals surface area contributed by atoms with Crippen molar-refractivity contribution in [2.45, 2.75) is 45.8 Å². The van der Waals surface area contributed by atoms with Crippen molar-refractivity contribution < 1.29 is 18.0 Å². The molecule has 1 aromatic rings. The summed E-state index contributed by atoms with van der Waals surface area (Å²) in [5.41, 5.74) is -0.790. The van der Waals surface area contributed by atoms with E-state index in [0.29, 0.717) is 19.4 Å². The van der Waals surface area contributed by atoms with Gasteiger partial charge in [0.15, 0.2) is 0 Å². The largest absolute Gasteiger partial charge is 0.418 e. The Labute approximate surface area is 122 Å². The van der Waals surface area contributed by atoms with Gasteiger partial charge in [-0.3, -0.25) is 4.79 Å². The molecule has 0 saturated carbocycles. The van der Waals surface area contributed by atoms with Crippen molar-refractivity contribution in [3.05, 3.63) is 29.3 Å². The van der Waals surface area contributed by atoms with Gasteiger partial charge in [-0.05, 0) is 38.0 Å². The van der Waals surface area contributed by atoms with Crippen LogP contribution < -0.4 is 10.6 Å². The average Bonchev–Trinajstić information content (AvgIpc) is 2.43. The summed E-state index contributed by atoms with van der Waals surface area (Å²) in [6, 6.07) is 3.54. The monoisotopic (exact) mass is 302 g/mol. The highest BCUT2D eigenvalue weighted by atomic mass is 19.4. The fraction of sp³-hybridized carbons (Fsp3) is 0.533. The number of benzene rings is 1. The molecule has 0 heterocycles. The van der Waals surface area contributed by atoms with Crippen LogP contribution >= 0.6 is 0 Å². The van der Waals surface area contributed by atoms with Crippen LogP contribution in [-0.2, 0) is 6.18 Å². The normalized spacial score (nSPS) is 12.9. The van der Waals surface area contributed by atoms with Crippen LogP contribution in [-0.4, -0.2) is 18.5 Å². The Morgan fingerprint density at radius 3 is 2.48 bits per heavy atom. The molecule has 0 fully saturated rings. The first-order valence-electron chi connectivity index (χ1n) is 7.05. The maximum atomic E-state index is 13.1. The van der Waals surface area contributed by atoms with E-state index >= 15 is 0 Å². The second-order valence-electron chi connectivity index (χ2n) is 4.97. The molecule has 0 aliphatic heterocycles. The van der Waals surface area contributed by atoms with Gasteiger partial charge in [0.05, 0.1) is 5.56 Å². The molecule has 118 valence electrons. The summed E-state index contributed by atoms with van der Waals surface area (Å²) in [7, 11) is 0. The lowest BCUT2D eigenvalue weighted by Gasteiger charge is -2.17. The third kappa shape index (κ3) is 4.95. The Kier molecular flexibility index (Phi) is 6.05. The minimum absolute atomic E-state index is 0.00411. The van der Waals surface area contributed by atoms with Gasteiger partial charge in [-0.1, -0.05) is 13.8 Å². The third-order valence-electron chi connectivity index (χ3n) is 3.14. The zero-order valence-electron chi connectivity index (χ0n) is 12.5. The van der Waals surface area contributed by atoms with Crippen LogP contribution in [0.2, 0.25) is 0 Å². The fourth-order valence-corrected chi connectivity index (χ4v) is 1.74. The van der Waals surface area contributed by atoms with Crippen molar-refractivity contribution in [3.63, 3.8) is 0 Å². The molecular formula is C15H21F3N2O. The first-order chi connectivity index (χ1) is 9.79. The molecule has 0 aliphatic rings. The first kappa shape index (κ1) is 17.3. The van der Waals surface area contributed by atoms with Gasteiger partial charge >= 0.3 is 6.18 Å².